The number of benzene rings is 1. The van der Waals surface area contributed by atoms with E-state index in [1.54, 1.807) is 18.2 Å². The number of para-hydroxylation sites is 2. The maximum absolute atomic E-state index is 11.2. The number of ether oxygens (including phenoxy) is 2. The number of sulfone groups is 1. The van der Waals surface area contributed by atoms with Crippen molar-refractivity contribution in [2.24, 2.45) is 0 Å². The van der Waals surface area contributed by atoms with E-state index in [2.05, 4.69) is 18.7 Å². The molecule has 1 aromatic rings. The average molecular weight is 502 g/mol. The maximum Gasteiger partial charge on any atom is 0.328 e. The summed E-state index contributed by atoms with van der Waals surface area (Å²) in [5.74, 6) is -1.56. The predicted octanol–water partition coefficient (Wildman–Crippen LogP) is 1.82. The highest BCUT2D eigenvalue weighted by Crippen LogP contribution is 2.27. The second kappa shape index (κ2) is 14.6. The zero-order valence-electron chi connectivity index (χ0n) is 19.8. The number of likely N-dealkylation sites (tertiary alicyclic amines) is 1. The zero-order chi connectivity index (χ0) is 25.7. The van der Waals surface area contributed by atoms with Gasteiger partial charge in [-0.2, -0.15) is 0 Å². The number of aliphatic carboxylic acids is 2. The van der Waals surface area contributed by atoms with Crippen molar-refractivity contribution in [2.45, 2.75) is 51.3 Å². The Morgan fingerprint density at radius 2 is 1.56 bits per heavy atom. The minimum absolute atomic E-state index is 0.0469. The number of aliphatic hydroxyl groups excluding tert-OH is 1. The van der Waals surface area contributed by atoms with Crippen molar-refractivity contribution >= 4 is 21.8 Å². The van der Waals surface area contributed by atoms with Crippen LogP contribution in [0.25, 0.3) is 0 Å². The lowest BCUT2D eigenvalue weighted by molar-refractivity contribution is -0.134. The van der Waals surface area contributed by atoms with E-state index in [0.29, 0.717) is 42.3 Å². The molecule has 1 aromatic carbocycles. The molecular formula is C23H35NO9S. The fraction of sp³-hybridized carbons (Fsp3) is 0.565. The largest absolute Gasteiger partial charge is 0.489 e. The monoisotopic (exact) mass is 501 g/mol. The first kappa shape index (κ1) is 29.4. The molecule has 11 heteroatoms. The molecule has 0 spiro atoms. The van der Waals surface area contributed by atoms with Gasteiger partial charge in [0.25, 0.3) is 0 Å². The highest BCUT2D eigenvalue weighted by molar-refractivity contribution is 7.90. The Morgan fingerprint density at radius 1 is 1.06 bits per heavy atom. The molecule has 1 heterocycles. The normalized spacial score (nSPS) is 19.6. The predicted molar refractivity (Wildman–Crippen MR) is 127 cm³/mol. The van der Waals surface area contributed by atoms with Gasteiger partial charge < -0.3 is 24.8 Å². The van der Waals surface area contributed by atoms with Gasteiger partial charge in [0.05, 0.1) is 5.75 Å². The van der Waals surface area contributed by atoms with Crippen molar-refractivity contribution in [1.29, 1.82) is 0 Å². The van der Waals surface area contributed by atoms with Crippen LogP contribution >= 0.6 is 0 Å². The van der Waals surface area contributed by atoms with Crippen molar-refractivity contribution in [3.05, 3.63) is 36.4 Å². The van der Waals surface area contributed by atoms with E-state index in [4.69, 9.17) is 19.7 Å². The molecule has 0 bridgehead atoms. The Balaban J connectivity index is 0.000000620. The van der Waals surface area contributed by atoms with Crippen LogP contribution in [-0.2, 0) is 19.4 Å². The van der Waals surface area contributed by atoms with E-state index in [1.807, 2.05) is 6.07 Å². The van der Waals surface area contributed by atoms with E-state index in [9.17, 15) is 23.1 Å². The number of aliphatic hydroxyl groups is 1. The van der Waals surface area contributed by atoms with Crippen LogP contribution < -0.4 is 9.47 Å². The third-order valence-corrected chi connectivity index (χ3v) is 6.07. The summed E-state index contributed by atoms with van der Waals surface area (Å²) in [6, 6.07) is 8.06. The summed E-state index contributed by atoms with van der Waals surface area (Å²) in [6.07, 6.45) is 5.26. The topological polar surface area (TPSA) is 151 Å². The van der Waals surface area contributed by atoms with Crippen LogP contribution in [0.1, 0.15) is 33.1 Å². The Kier molecular flexibility index (Phi) is 12.6. The number of hydrogen-bond acceptors (Lipinski definition) is 8. The van der Waals surface area contributed by atoms with Crippen molar-refractivity contribution < 1.29 is 42.8 Å². The molecular weight excluding hydrogens is 466 g/mol. The minimum atomic E-state index is -3.07. The van der Waals surface area contributed by atoms with Gasteiger partial charge in [0, 0.05) is 37.0 Å². The van der Waals surface area contributed by atoms with E-state index in [-0.39, 0.29) is 19.0 Å². The molecule has 1 aliphatic heterocycles. The number of β-amino-alcohol motifs (C(OH)–C–C–N with tert-alkyl or cyclic N) is 1. The molecule has 1 aliphatic rings. The van der Waals surface area contributed by atoms with Crippen molar-refractivity contribution in [1.82, 2.24) is 4.90 Å². The number of hydrogen-bond donors (Lipinski definition) is 3. The Bertz CT molecular complexity index is 891. The van der Waals surface area contributed by atoms with E-state index >= 15 is 0 Å². The first-order valence-electron chi connectivity index (χ1n) is 11.0. The second-order valence-electron chi connectivity index (χ2n) is 8.23. The van der Waals surface area contributed by atoms with Crippen LogP contribution in [0.5, 0.6) is 11.5 Å². The van der Waals surface area contributed by atoms with Gasteiger partial charge in [0.2, 0.25) is 0 Å². The molecule has 0 aromatic heterocycles. The second-order valence-corrected chi connectivity index (χ2v) is 10.5. The van der Waals surface area contributed by atoms with Gasteiger partial charge in [0.1, 0.15) is 19.3 Å². The summed E-state index contributed by atoms with van der Waals surface area (Å²) in [6.45, 7) is 5.23. The van der Waals surface area contributed by atoms with E-state index in [0.717, 1.165) is 12.8 Å². The molecule has 0 amide bonds. The summed E-state index contributed by atoms with van der Waals surface area (Å²) in [5.41, 5.74) is 0. The third kappa shape index (κ3) is 12.6. The minimum Gasteiger partial charge on any atom is -0.489 e. The molecule has 3 atom stereocenters. The molecule has 10 nitrogen and oxygen atoms in total. The lowest BCUT2D eigenvalue weighted by Gasteiger charge is -2.40. The van der Waals surface area contributed by atoms with Crippen LogP contribution in [0, 0.1) is 0 Å². The lowest BCUT2D eigenvalue weighted by atomic mass is 9.97. The third-order valence-electron chi connectivity index (χ3n) is 5.16. The van der Waals surface area contributed by atoms with Gasteiger partial charge in [-0.05, 0) is 38.8 Å². The summed E-state index contributed by atoms with van der Waals surface area (Å²) >= 11 is 0. The maximum atomic E-state index is 11.2. The number of carboxylic acids is 2. The number of carboxylic acid groups (broad SMARTS) is 2. The summed E-state index contributed by atoms with van der Waals surface area (Å²) < 4.78 is 33.7. The molecule has 192 valence electrons. The standard InChI is InChI=1S/C19H31NO5S.C4H4O4/c1-15-7-6-8-16(2)20(15)13-17(21)14-25-19-10-5-4-9-18(19)24-11-12-26(3,22)23;5-3(6)1-2-4(7)8/h4-5,9-10,15-17,21H,6-8,11-14H2,1-3H3;1-2H,(H,5,6)(H,7,8). The van der Waals surface area contributed by atoms with Crippen LogP contribution in [0.2, 0.25) is 0 Å². The van der Waals surface area contributed by atoms with Gasteiger partial charge in [-0.15, -0.1) is 0 Å². The van der Waals surface area contributed by atoms with Crippen molar-refractivity contribution in [3.63, 3.8) is 0 Å². The van der Waals surface area contributed by atoms with Gasteiger partial charge in [-0.3, -0.25) is 4.90 Å². The number of nitrogens with zero attached hydrogens (tertiary/aromatic N) is 1. The highest BCUT2D eigenvalue weighted by Gasteiger charge is 2.26. The van der Waals surface area contributed by atoms with Crippen LogP contribution in [0.4, 0.5) is 0 Å². The van der Waals surface area contributed by atoms with Gasteiger partial charge in [-0.1, -0.05) is 18.6 Å². The van der Waals surface area contributed by atoms with Crippen molar-refractivity contribution in [3.8, 4) is 11.5 Å². The lowest BCUT2D eigenvalue weighted by Crippen LogP contribution is -2.48. The molecule has 0 aliphatic carbocycles. The summed E-state index contributed by atoms with van der Waals surface area (Å²) in [5, 5.41) is 26.0. The van der Waals surface area contributed by atoms with E-state index < -0.39 is 27.9 Å². The summed E-state index contributed by atoms with van der Waals surface area (Å²) in [7, 11) is -3.07. The van der Waals surface area contributed by atoms with Crippen LogP contribution in [0.3, 0.4) is 0 Å². The first-order valence-corrected chi connectivity index (χ1v) is 13.0. The molecule has 1 saturated heterocycles. The number of rotatable bonds is 11. The van der Waals surface area contributed by atoms with Crippen molar-refractivity contribution in [2.75, 3.05) is 31.8 Å². The quantitative estimate of drug-likeness (QED) is 0.383. The first-order chi connectivity index (χ1) is 15.9. The number of piperidine rings is 1. The van der Waals surface area contributed by atoms with Crippen LogP contribution in [-0.4, -0.2) is 90.5 Å². The van der Waals surface area contributed by atoms with Crippen LogP contribution in [0.15, 0.2) is 36.4 Å². The molecule has 0 radical (unpaired) electrons. The average Bonchev–Trinajstić information content (AvgIpc) is 2.74. The molecule has 3 N–H and O–H groups in total. The molecule has 1 fully saturated rings. The number of carbonyl (C=O) groups is 2. The Morgan fingerprint density at radius 3 is 2.03 bits per heavy atom. The molecule has 34 heavy (non-hydrogen) atoms. The fourth-order valence-electron chi connectivity index (χ4n) is 3.45. The van der Waals surface area contributed by atoms with E-state index in [1.165, 1.54) is 12.7 Å². The SMILES string of the molecule is CC1CCCC(C)N1CC(O)COc1ccccc1OCCS(C)(=O)=O.O=C(O)C=CC(=O)O. The Labute approximate surface area is 200 Å². The zero-order valence-corrected chi connectivity index (χ0v) is 20.6. The highest BCUT2D eigenvalue weighted by atomic mass is 32.2. The smallest absolute Gasteiger partial charge is 0.328 e. The summed E-state index contributed by atoms with van der Waals surface area (Å²) in [4.78, 5) is 21.4. The fourth-order valence-corrected chi connectivity index (χ4v) is 3.84. The van der Waals surface area contributed by atoms with Gasteiger partial charge >= 0.3 is 11.9 Å². The van der Waals surface area contributed by atoms with Gasteiger partial charge in [0.15, 0.2) is 21.3 Å². The molecule has 2 rings (SSSR count). The molecule has 3 unspecified atom stereocenters. The Hall–Kier alpha value is -2.63. The van der Waals surface area contributed by atoms with Gasteiger partial charge in [-0.25, -0.2) is 18.0 Å². The molecule has 0 saturated carbocycles.